The summed E-state index contributed by atoms with van der Waals surface area (Å²) in [5.41, 5.74) is 0.162. The average molecular weight is 257 g/mol. The highest BCUT2D eigenvalue weighted by atomic mass is 16.3. The van der Waals surface area contributed by atoms with E-state index >= 15 is 0 Å². The molecule has 110 valence electrons. The standard InChI is InChI=1S/C12H23NO.2C2H6/c1-10(2)13-6-4-12(5-7-13)8-11(3,14)9-12;2*1-2/h10,14H,4-9H2,1-3H3;2*1-2H3. The molecule has 1 N–H and O–H groups in total. The highest BCUT2D eigenvalue weighted by Crippen LogP contribution is 2.54. The van der Waals surface area contributed by atoms with E-state index in [4.69, 9.17) is 0 Å². The summed E-state index contributed by atoms with van der Waals surface area (Å²) >= 11 is 0. The van der Waals surface area contributed by atoms with Crippen molar-refractivity contribution >= 4 is 0 Å². The minimum Gasteiger partial charge on any atom is -0.390 e. The van der Waals surface area contributed by atoms with Crippen LogP contribution in [0.4, 0.5) is 0 Å². The molecule has 0 bridgehead atoms. The number of piperidine rings is 1. The number of hydrogen-bond acceptors (Lipinski definition) is 2. The van der Waals surface area contributed by atoms with Crippen molar-refractivity contribution in [1.29, 1.82) is 0 Å². The van der Waals surface area contributed by atoms with Crippen molar-refractivity contribution in [2.75, 3.05) is 13.1 Å². The summed E-state index contributed by atoms with van der Waals surface area (Å²) < 4.78 is 0. The Morgan fingerprint density at radius 1 is 0.944 bits per heavy atom. The van der Waals surface area contributed by atoms with Crippen molar-refractivity contribution < 1.29 is 5.11 Å². The van der Waals surface area contributed by atoms with Crippen LogP contribution >= 0.6 is 0 Å². The van der Waals surface area contributed by atoms with Gasteiger partial charge in [0.1, 0.15) is 0 Å². The predicted molar refractivity (Wildman–Crippen MR) is 80.9 cm³/mol. The zero-order chi connectivity index (χ0) is 14.4. The van der Waals surface area contributed by atoms with Crippen LogP contribution in [0.5, 0.6) is 0 Å². The van der Waals surface area contributed by atoms with E-state index < -0.39 is 0 Å². The largest absolute Gasteiger partial charge is 0.390 e. The summed E-state index contributed by atoms with van der Waals surface area (Å²) in [5.74, 6) is 0. The van der Waals surface area contributed by atoms with Gasteiger partial charge in [-0.05, 0) is 65.0 Å². The Morgan fingerprint density at radius 2 is 1.33 bits per heavy atom. The second kappa shape index (κ2) is 7.49. The van der Waals surface area contributed by atoms with Gasteiger partial charge in [-0.3, -0.25) is 0 Å². The number of aliphatic hydroxyl groups is 1. The molecule has 1 heterocycles. The molecule has 2 heteroatoms. The lowest BCUT2D eigenvalue weighted by Gasteiger charge is -2.56. The molecule has 0 unspecified atom stereocenters. The highest BCUT2D eigenvalue weighted by molar-refractivity contribution is 5.03. The Morgan fingerprint density at radius 3 is 1.61 bits per heavy atom. The molecule has 0 aromatic carbocycles. The molecule has 1 aliphatic carbocycles. The smallest absolute Gasteiger partial charge is 0.0630 e. The molecule has 0 atom stereocenters. The number of hydrogen-bond donors (Lipinski definition) is 1. The van der Waals surface area contributed by atoms with Gasteiger partial charge < -0.3 is 10.0 Å². The molecular weight excluding hydrogens is 222 g/mol. The van der Waals surface area contributed by atoms with Crippen molar-refractivity contribution in [3.05, 3.63) is 0 Å². The Bertz CT molecular complexity index is 205. The van der Waals surface area contributed by atoms with Crippen LogP contribution in [0.2, 0.25) is 0 Å². The molecule has 0 aromatic rings. The molecular formula is C16H35NO. The zero-order valence-corrected chi connectivity index (χ0v) is 13.7. The molecule has 1 saturated heterocycles. The summed E-state index contributed by atoms with van der Waals surface area (Å²) in [5, 5.41) is 9.79. The summed E-state index contributed by atoms with van der Waals surface area (Å²) in [6.07, 6.45) is 4.65. The van der Waals surface area contributed by atoms with E-state index in [1.165, 1.54) is 25.9 Å². The molecule has 1 aliphatic heterocycles. The van der Waals surface area contributed by atoms with Gasteiger partial charge in [0.2, 0.25) is 0 Å². The van der Waals surface area contributed by atoms with E-state index in [1.54, 1.807) is 0 Å². The van der Waals surface area contributed by atoms with Crippen LogP contribution in [-0.4, -0.2) is 34.7 Å². The molecule has 2 fully saturated rings. The summed E-state index contributed by atoms with van der Waals surface area (Å²) in [6, 6.07) is 0.688. The second-order valence-corrected chi connectivity index (χ2v) is 5.98. The Balaban J connectivity index is 0.000000659. The third-order valence-electron chi connectivity index (χ3n) is 4.10. The van der Waals surface area contributed by atoms with E-state index in [2.05, 4.69) is 18.7 Å². The first kappa shape index (κ1) is 17.9. The fourth-order valence-electron chi connectivity index (χ4n) is 3.43. The van der Waals surface area contributed by atoms with Crippen molar-refractivity contribution in [1.82, 2.24) is 4.90 Å². The predicted octanol–water partition coefficient (Wildman–Crippen LogP) is 4.07. The van der Waals surface area contributed by atoms with Crippen LogP contribution in [-0.2, 0) is 0 Å². The van der Waals surface area contributed by atoms with Crippen LogP contribution in [0, 0.1) is 5.41 Å². The van der Waals surface area contributed by atoms with Gasteiger partial charge >= 0.3 is 0 Å². The van der Waals surface area contributed by atoms with E-state index in [1.807, 2.05) is 34.6 Å². The maximum Gasteiger partial charge on any atom is 0.0630 e. The second-order valence-electron chi connectivity index (χ2n) is 5.98. The normalized spacial score (nSPS) is 24.5. The number of likely N-dealkylation sites (tertiary alicyclic amines) is 1. The van der Waals surface area contributed by atoms with Gasteiger partial charge in [-0.1, -0.05) is 27.7 Å². The molecule has 2 nitrogen and oxygen atoms in total. The highest BCUT2D eigenvalue weighted by Gasteiger charge is 2.51. The van der Waals surface area contributed by atoms with Gasteiger partial charge in [0.15, 0.2) is 0 Å². The van der Waals surface area contributed by atoms with Gasteiger partial charge in [-0.15, -0.1) is 0 Å². The third kappa shape index (κ3) is 4.55. The first-order chi connectivity index (χ1) is 8.43. The van der Waals surface area contributed by atoms with E-state index in [-0.39, 0.29) is 5.60 Å². The molecule has 0 aromatic heterocycles. The van der Waals surface area contributed by atoms with Gasteiger partial charge in [0.25, 0.3) is 0 Å². The average Bonchev–Trinajstić information content (AvgIpc) is 2.32. The lowest BCUT2D eigenvalue weighted by Crippen LogP contribution is -2.55. The monoisotopic (exact) mass is 257 g/mol. The van der Waals surface area contributed by atoms with Crippen molar-refractivity contribution in [3.8, 4) is 0 Å². The van der Waals surface area contributed by atoms with Gasteiger partial charge in [0.05, 0.1) is 5.60 Å². The van der Waals surface area contributed by atoms with E-state index in [0.717, 1.165) is 12.8 Å². The summed E-state index contributed by atoms with van der Waals surface area (Å²) in [6.45, 7) is 17.0. The van der Waals surface area contributed by atoms with Gasteiger partial charge in [-0.25, -0.2) is 0 Å². The fourth-order valence-corrected chi connectivity index (χ4v) is 3.43. The van der Waals surface area contributed by atoms with Gasteiger partial charge in [-0.2, -0.15) is 0 Å². The minimum absolute atomic E-state index is 0.347. The molecule has 0 radical (unpaired) electrons. The zero-order valence-electron chi connectivity index (χ0n) is 13.7. The molecule has 1 saturated carbocycles. The van der Waals surface area contributed by atoms with Crippen LogP contribution in [0.15, 0.2) is 0 Å². The molecule has 2 rings (SSSR count). The summed E-state index contributed by atoms with van der Waals surface area (Å²) in [7, 11) is 0. The Kier molecular flexibility index (Phi) is 7.46. The minimum atomic E-state index is -0.347. The summed E-state index contributed by atoms with van der Waals surface area (Å²) in [4.78, 5) is 2.55. The quantitative estimate of drug-likeness (QED) is 0.765. The number of nitrogens with zero attached hydrogens (tertiary/aromatic N) is 1. The van der Waals surface area contributed by atoms with Crippen molar-refractivity contribution in [2.45, 2.75) is 85.8 Å². The Labute approximate surface area is 115 Å². The first-order valence-electron chi connectivity index (χ1n) is 7.89. The van der Waals surface area contributed by atoms with E-state index in [9.17, 15) is 5.11 Å². The van der Waals surface area contributed by atoms with Crippen LogP contribution in [0.3, 0.4) is 0 Å². The lowest BCUT2D eigenvalue weighted by atomic mass is 9.56. The van der Waals surface area contributed by atoms with Crippen LogP contribution < -0.4 is 0 Å². The van der Waals surface area contributed by atoms with Crippen LogP contribution in [0.25, 0.3) is 0 Å². The van der Waals surface area contributed by atoms with Crippen LogP contribution in [0.1, 0.15) is 74.1 Å². The Hall–Kier alpha value is -0.0800. The van der Waals surface area contributed by atoms with Crippen molar-refractivity contribution in [2.24, 2.45) is 5.41 Å². The molecule has 0 amide bonds. The molecule has 1 spiro atoms. The van der Waals surface area contributed by atoms with Crippen molar-refractivity contribution in [3.63, 3.8) is 0 Å². The SMILES string of the molecule is CC.CC.CC(C)N1CCC2(CC1)CC(C)(O)C2. The number of rotatable bonds is 1. The van der Waals surface area contributed by atoms with Gasteiger partial charge in [0, 0.05) is 6.04 Å². The maximum absolute atomic E-state index is 9.79. The first-order valence-corrected chi connectivity index (χ1v) is 7.89. The molecule has 18 heavy (non-hydrogen) atoms. The van der Waals surface area contributed by atoms with E-state index in [0.29, 0.717) is 11.5 Å². The third-order valence-corrected chi connectivity index (χ3v) is 4.10. The fraction of sp³-hybridized carbons (Fsp3) is 1.00. The lowest BCUT2D eigenvalue weighted by molar-refractivity contribution is -0.138. The maximum atomic E-state index is 9.79. The molecule has 2 aliphatic rings. The topological polar surface area (TPSA) is 23.5 Å².